The third-order valence-corrected chi connectivity index (χ3v) is 3.15. The highest BCUT2D eigenvalue weighted by Gasteiger charge is 2.17. The van der Waals surface area contributed by atoms with E-state index in [1.54, 1.807) is 40.0 Å². The first-order valence-corrected chi connectivity index (χ1v) is 7.10. The molecule has 0 fully saturated rings. The average Bonchev–Trinajstić information content (AvgIpc) is 2.52. The molecule has 0 heterocycles. The molecular formula is C16H22N2O4. The highest BCUT2D eigenvalue weighted by atomic mass is 16.5. The standard InChI is InChI=1S/C16H22N2O4/c1-5-22-16(20)11(2)12(3)17-18-15(19)10-13-6-8-14(21-4)9-7-13/h6-9,11H,5,10H2,1-4H3,(H,18,19)/b17-12-/t11-/m1/s1. The molecule has 0 saturated carbocycles. The summed E-state index contributed by atoms with van der Waals surface area (Å²) < 4.78 is 9.96. The van der Waals surface area contributed by atoms with Crippen LogP contribution < -0.4 is 10.2 Å². The second kappa shape index (κ2) is 8.81. The zero-order valence-corrected chi connectivity index (χ0v) is 13.4. The minimum absolute atomic E-state index is 0.203. The quantitative estimate of drug-likeness (QED) is 0.474. The van der Waals surface area contributed by atoms with Gasteiger partial charge in [0.05, 0.1) is 26.1 Å². The van der Waals surface area contributed by atoms with E-state index in [1.165, 1.54) is 0 Å². The molecule has 0 unspecified atom stereocenters. The van der Waals surface area contributed by atoms with Crippen LogP contribution in [-0.4, -0.2) is 31.3 Å². The number of amides is 1. The Labute approximate surface area is 130 Å². The van der Waals surface area contributed by atoms with Gasteiger partial charge >= 0.3 is 5.97 Å². The van der Waals surface area contributed by atoms with E-state index in [0.717, 1.165) is 11.3 Å². The van der Waals surface area contributed by atoms with Crippen molar-refractivity contribution in [3.63, 3.8) is 0 Å². The summed E-state index contributed by atoms with van der Waals surface area (Å²) in [5, 5.41) is 3.95. The lowest BCUT2D eigenvalue weighted by Crippen LogP contribution is -2.26. The summed E-state index contributed by atoms with van der Waals surface area (Å²) in [6.07, 6.45) is 0.203. The van der Waals surface area contributed by atoms with Crippen LogP contribution in [0.15, 0.2) is 29.4 Å². The van der Waals surface area contributed by atoms with Crippen molar-refractivity contribution in [3.8, 4) is 5.75 Å². The van der Waals surface area contributed by atoms with E-state index >= 15 is 0 Å². The normalized spacial score (nSPS) is 12.5. The largest absolute Gasteiger partial charge is 0.497 e. The number of carbonyl (C=O) groups is 2. The number of rotatable bonds is 7. The van der Waals surface area contributed by atoms with E-state index in [-0.39, 0.29) is 18.3 Å². The maximum atomic E-state index is 11.8. The monoisotopic (exact) mass is 306 g/mol. The predicted octanol–water partition coefficient (Wildman–Crippen LogP) is 1.93. The number of hydrazone groups is 1. The van der Waals surface area contributed by atoms with Crippen molar-refractivity contribution < 1.29 is 19.1 Å². The van der Waals surface area contributed by atoms with Crippen molar-refractivity contribution in [2.75, 3.05) is 13.7 Å². The molecule has 0 saturated heterocycles. The van der Waals surface area contributed by atoms with Crippen molar-refractivity contribution in [1.82, 2.24) is 5.43 Å². The molecular weight excluding hydrogens is 284 g/mol. The minimum atomic E-state index is -0.485. The second-order valence-electron chi connectivity index (χ2n) is 4.79. The summed E-state index contributed by atoms with van der Waals surface area (Å²) in [4.78, 5) is 23.4. The van der Waals surface area contributed by atoms with Gasteiger partial charge < -0.3 is 9.47 Å². The van der Waals surface area contributed by atoms with Crippen molar-refractivity contribution >= 4 is 17.6 Å². The molecule has 1 aromatic carbocycles. The van der Waals surface area contributed by atoms with Gasteiger partial charge in [0.15, 0.2) is 0 Å². The Morgan fingerprint density at radius 1 is 1.27 bits per heavy atom. The third-order valence-electron chi connectivity index (χ3n) is 3.15. The van der Waals surface area contributed by atoms with Crippen LogP contribution in [0.3, 0.4) is 0 Å². The first-order valence-electron chi connectivity index (χ1n) is 7.10. The molecule has 0 aliphatic rings. The SMILES string of the molecule is CCOC(=O)[C@H](C)/C(C)=N\NC(=O)Cc1ccc(OC)cc1. The van der Waals surface area contributed by atoms with Crippen molar-refractivity contribution in [2.24, 2.45) is 11.0 Å². The Morgan fingerprint density at radius 2 is 1.91 bits per heavy atom. The van der Waals surface area contributed by atoms with Gasteiger partial charge in [-0.3, -0.25) is 9.59 Å². The maximum Gasteiger partial charge on any atom is 0.314 e. The van der Waals surface area contributed by atoms with Crippen molar-refractivity contribution in [1.29, 1.82) is 0 Å². The Bertz CT molecular complexity index is 538. The maximum absolute atomic E-state index is 11.8. The summed E-state index contributed by atoms with van der Waals surface area (Å²) in [7, 11) is 1.59. The van der Waals surface area contributed by atoms with Crippen LogP contribution >= 0.6 is 0 Å². The van der Waals surface area contributed by atoms with Gasteiger partial charge in [-0.2, -0.15) is 5.10 Å². The van der Waals surface area contributed by atoms with Crippen LogP contribution in [0.2, 0.25) is 0 Å². The lowest BCUT2D eigenvalue weighted by molar-refractivity contribution is -0.145. The summed E-state index contributed by atoms with van der Waals surface area (Å²) in [5.74, 6) is -0.351. The van der Waals surface area contributed by atoms with Gasteiger partial charge in [0.25, 0.3) is 0 Å². The number of ether oxygens (including phenoxy) is 2. The molecule has 0 spiro atoms. The van der Waals surface area contributed by atoms with Crippen LogP contribution in [0.1, 0.15) is 26.3 Å². The van der Waals surface area contributed by atoms with Gasteiger partial charge in [-0.25, -0.2) is 5.43 Å². The molecule has 22 heavy (non-hydrogen) atoms. The van der Waals surface area contributed by atoms with Crippen LogP contribution in [0, 0.1) is 5.92 Å². The van der Waals surface area contributed by atoms with Gasteiger partial charge in [-0.1, -0.05) is 12.1 Å². The highest BCUT2D eigenvalue weighted by Crippen LogP contribution is 2.11. The number of methoxy groups -OCH3 is 1. The smallest absolute Gasteiger partial charge is 0.314 e. The van der Waals surface area contributed by atoms with E-state index in [2.05, 4.69) is 10.5 Å². The molecule has 0 aliphatic carbocycles. The summed E-state index contributed by atoms with van der Waals surface area (Å²) in [6.45, 7) is 5.43. The zero-order chi connectivity index (χ0) is 16.5. The molecule has 0 aromatic heterocycles. The first kappa shape index (κ1) is 17.7. The molecule has 1 amide bonds. The molecule has 1 rings (SSSR count). The number of nitrogens with one attached hydrogen (secondary N) is 1. The summed E-state index contributed by atoms with van der Waals surface area (Å²) >= 11 is 0. The Balaban J connectivity index is 2.53. The van der Waals surface area contributed by atoms with E-state index in [4.69, 9.17) is 9.47 Å². The zero-order valence-electron chi connectivity index (χ0n) is 13.4. The van der Waals surface area contributed by atoms with E-state index in [9.17, 15) is 9.59 Å². The van der Waals surface area contributed by atoms with E-state index < -0.39 is 5.92 Å². The Morgan fingerprint density at radius 3 is 2.45 bits per heavy atom. The number of esters is 1. The molecule has 120 valence electrons. The van der Waals surface area contributed by atoms with Gasteiger partial charge in [-0.05, 0) is 38.5 Å². The second-order valence-corrected chi connectivity index (χ2v) is 4.79. The molecule has 1 N–H and O–H groups in total. The molecule has 6 heteroatoms. The molecule has 1 atom stereocenters. The van der Waals surface area contributed by atoms with Crippen LogP contribution in [0.5, 0.6) is 5.75 Å². The van der Waals surface area contributed by atoms with Crippen molar-refractivity contribution in [2.45, 2.75) is 27.2 Å². The van der Waals surface area contributed by atoms with Crippen LogP contribution in [0.25, 0.3) is 0 Å². The highest BCUT2D eigenvalue weighted by molar-refractivity contribution is 6.00. The molecule has 6 nitrogen and oxygen atoms in total. The molecule has 0 bridgehead atoms. The fourth-order valence-electron chi connectivity index (χ4n) is 1.65. The third kappa shape index (κ3) is 5.55. The van der Waals surface area contributed by atoms with E-state index in [1.807, 2.05) is 12.1 Å². The van der Waals surface area contributed by atoms with Gasteiger partial charge in [0, 0.05) is 5.71 Å². The van der Waals surface area contributed by atoms with Crippen LogP contribution in [0.4, 0.5) is 0 Å². The van der Waals surface area contributed by atoms with Gasteiger partial charge in [0.1, 0.15) is 5.75 Å². The first-order chi connectivity index (χ1) is 10.5. The average molecular weight is 306 g/mol. The lowest BCUT2D eigenvalue weighted by atomic mass is 10.1. The number of carbonyl (C=O) groups excluding carboxylic acids is 2. The minimum Gasteiger partial charge on any atom is -0.497 e. The molecule has 1 aromatic rings. The van der Waals surface area contributed by atoms with Gasteiger partial charge in [0.2, 0.25) is 5.91 Å². The summed E-state index contributed by atoms with van der Waals surface area (Å²) in [6, 6.07) is 7.21. The van der Waals surface area contributed by atoms with E-state index in [0.29, 0.717) is 12.3 Å². The molecule has 0 radical (unpaired) electrons. The Hall–Kier alpha value is -2.37. The Kier molecular flexibility index (Phi) is 7.08. The number of hydrogen-bond acceptors (Lipinski definition) is 5. The molecule has 0 aliphatic heterocycles. The fourth-order valence-corrected chi connectivity index (χ4v) is 1.65. The predicted molar refractivity (Wildman–Crippen MR) is 83.7 cm³/mol. The van der Waals surface area contributed by atoms with Crippen LogP contribution in [-0.2, 0) is 20.7 Å². The lowest BCUT2D eigenvalue weighted by Gasteiger charge is -2.10. The van der Waals surface area contributed by atoms with Gasteiger partial charge in [-0.15, -0.1) is 0 Å². The number of hydrogen-bond donors (Lipinski definition) is 1. The topological polar surface area (TPSA) is 77.0 Å². The van der Waals surface area contributed by atoms with Crippen molar-refractivity contribution in [3.05, 3.63) is 29.8 Å². The fraction of sp³-hybridized carbons (Fsp3) is 0.438. The number of nitrogens with zero attached hydrogens (tertiary/aromatic N) is 1. The number of benzene rings is 1. The summed E-state index contributed by atoms with van der Waals surface area (Å²) in [5.41, 5.74) is 3.80.